The third-order valence-electron chi connectivity index (χ3n) is 3.61. The maximum atomic E-state index is 5.90. The fourth-order valence-corrected chi connectivity index (χ4v) is 2.70. The summed E-state index contributed by atoms with van der Waals surface area (Å²) >= 11 is 0. The second kappa shape index (κ2) is 5.08. The second-order valence-corrected chi connectivity index (χ2v) is 5.28. The van der Waals surface area contributed by atoms with Gasteiger partial charge in [0.05, 0.1) is 13.1 Å². The molecule has 3 aliphatic heterocycles. The number of nitrogens with zero attached hydrogens (tertiary/aromatic N) is 3. The maximum Gasteiger partial charge on any atom is 0.184 e. The van der Waals surface area contributed by atoms with E-state index in [0.717, 1.165) is 57.2 Å². The molecular formula is C13H20N4O. The predicted octanol–water partition coefficient (Wildman–Crippen LogP) is 1.05. The molecule has 5 heteroatoms. The molecule has 18 heavy (non-hydrogen) atoms. The van der Waals surface area contributed by atoms with Crippen LogP contribution in [-0.2, 0) is 4.74 Å². The van der Waals surface area contributed by atoms with Gasteiger partial charge < -0.3 is 10.1 Å². The Morgan fingerprint density at radius 1 is 1.22 bits per heavy atom. The van der Waals surface area contributed by atoms with Crippen molar-refractivity contribution in [3.05, 3.63) is 0 Å². The van der Waals surface area contributed by atoms with Crippen molar-refractivity contribution in [2.24, 2.45) is 20.9 Å². The summed E-state index contributed by atoms with van der Waals surface area (Å²) in [6.07, 6.45) is 3.10. The molecule has 1 N–H and O–H groups in total. The summed E-state index contributed by atoms with van der Waals surface area (Å²) in [5.74, 6) is 2.61. The van der Waals surface area contributed by atoms with Crippen LogP contribution in [0.5, 0.6) is 0 Å². The van der Waals surface area contributed by atoms with Crippen LogP contribution in [0, 0.1) is 5.92 Å². The molecule has 0 spiro atoms. The Morgan fingerprint density at radius 2 is 2.17 bits per heavy atom. The van der Waals surface area contributed by atoms with Crippen LogP contribution < -0.4 is 5.32 Å². The van der Waals surface area contributed by atoms with Crippen LogP contribution in [0.4, 0.5) is 0 Å². The molecule has 0 radical (unpaired) electrons. The molecule has 2 unspecified atom stereocenters. The first-order valence-electron chi connectivity index (χ1n) is 6.76. The number of nitrogens with one attached hydrogen (secondary N) is 1. The lowest BCUT2D eigenvalue weighted by Gasteiger charge is -2.13. The summed E-state index contributed by atoms with van der Waals surface area (Å²) in [5, 5.41) is 3.28. The van der Waals surface area contributed by atoms with Gasteiger partial charge >= 0.3 is 0 Å². The lowest BCUT2D eigenvalue weighted by molar-refractivity contribution is 0.223. The van der Waals surface area contributed by atoms with Crippen molar-refractivity contribution in [2.75, 3.05) is 26.2 Å². The lowest BCUT2D eigenvalue weighted by atomic mass is 10.0. The standard InChI is InChI=1S/C13H20N4O/c1-9-4-10(7-16-9)5-13-17-8-11(18-13)6-12-14-2-3-15-12/h10-11H,2-8H2,1H3,(H,14,15). The van der Waals surface area contributed by atoms with E-state index in [1.807, 2.05) is 0 Å². The van der Waals surface area contributed by atoms with Crippen LogP contribution in [0.1, 0.15) is 26.2 Å². The first kappa shape index (κ1) is 11.7. The zero-order valence-corrected chi connectivity index (χ0v) is 10.9. The van der Waals surface area contributed by atoms with E-state index in [-0.39, 0.29) is 6.10 Å². The van der Waals surface area contributed by atoms with Gasteiger partial charge in [-0.1, -0.05) is 0 Å². The lowest BCUT2D eigenvalue weighted by Crippen LogP contribution is -2.26. The quantitative estimate of drug-likeness (QED) is 0.808. The highest BCUT2D eigenvalue weighted by Gasteiger charge is 2.26. The summed E-state index contributed by atoms with van der Waals surface area (Å²) in [4.78, 5) is 13.3. The summed E-state index contributed by atoms with van der Waals surface area (Å²) < 4.78 is 5.90. The highest BCUT2D eigenvalue weighted by atomic mass is 16.5. The van der Waals surface area contributed by atoms with E-state index in [1.165, 1.54) is 5.71 Å². The fraction of sp³-hybridized carbons (Fsp3) is 0.769. The molecule has 0 bridgehead atoms. The summed E-state index contributed by atoms with van der Waals surface area (Å²) in [6.45, 7) is 5.68. The van der Waals surface area contributed by atoms with Gasteiger partial charge in [-0.05, 0) is 19.3 Å². The predicted molar refractivity (Wildman–Crippen MR) is 72.8 cm³/mol. The SMILES string of the molecule is CC1=NCC(CC2=NCC(CC3=NCCN3)O2)C1. The highest BCUT2D eigenvalue weighted by Crippen LogP contribution is 2.21. The average molecular weight is 248 g/mol. The minimum atomic E-state index is 0.188. The number of rotatable bonds is 4. The molecule has 0 saturated heterocycles. The van der Waals surface area contributed by atoms with E-state index in [1.54, 1.807) is 0 Å². The van der Waals surface area contributed by atoms with Crippen molar-refractivity contribution in [1.29, 1.82) is 0 Å². The highest BCUT2D eigenvalue weighted by molar-refractivity contribution is 5.86. The van der Waals surface area contributed by atoms with Crippen molar-refractivity contribution >= 4 is 17.4 Å². The second-order valence-electron chi connectivity index (χ2n) is 5.28. The van der Waals surface area contributed by atoms with Crippen LogP contribution in [0.3, 0.4) is 0 Å². The maximum absolute atomic E-state index is 5.90. The third kappa shape index (κ3) is 2.71. The van der Waals surface area contributed by atoms with Crippen molar-refractivity contribution in [1.82, 2.24) is 5.32 Å². The normalized spacial score (nSPS) is 30.6. The molecule has 0 saturated carbocycles. The van der Waals surface area contributed by atoms with Gasteiger partial charge in [0.25, 0.3) is 0 Å². The van der Waals surface area contributed by atoms with Crippen LogP contribution in [-0.4, -0.2) is 49.7 Å². The Morgan fingerprint density at radius 3 is 2.89 bits per heavy atom. The van der Waals surface area contributed by atoms with Gasteiger partial charge in [-0.15, -0.1) is 0 Å². The van der Waals surface area contributed by atoms with Crippen molar-refractivity contribution in [3.63, 3.8) is 0 Å². The first-order valence-corrected chi connectivity index (χ1v) is 6.76. The molecule has 3 heterocycles. The van der Waals surface area contributed by atoms with Gasteiger partial charge in [-0.2, -0.15) is 0 Å². The molecule has 3 rings (SSSR count). The van der Waals surface area contributed by atoms with Crippen LogP contribution in [0.15, 0.2) is 15.0 Å². The molecule has 0 aliphatic carbocycles. The molecular weight excluding hydrogens is 228 g/mol. The minimum Gasteiger partial charge on any atom is -0.475 e. The third-order valence-corrected chi connectivity index (χ3v) is 3.61. The van der Waals surface area contributed by atoms with Gasteiger partial charge in [0, 0.05) is 31.6 Å². The Bertz CT molecular complexity index is 413. The van der Waals surface area contributed by atoms with Crippen molar-refractivity contribution in [3.8, 4) is 0 Å². The Hall–Kier alpha value is -1.39. The van der Waals surface area contributed by atoms with E-state index in [4.69, 9.17) is 4.74 Å². The van der Waals surface area contributed by atoms with Gasteiger partial charge in [0.2, 0.25) is 0 Å². The summed E-state index contributed by atoms with van der Waals surface area (Å²) in [6, 6.07) is 0. The number of aliphatic imine (C=N–C) groups is 3. The largest absolute Gasteiger partial charge is 0.475 e. The number of hydrogen-bond acceptors (Lipinski definition) is 5. The van der Waals surface area contributed by atoms with Gasteiger partial charge in [0.1, 0.15) is 11.9 Å². The number of hydrogen-bond donors (Lipinski definition) is 1. The average Bonchev–Trinajstić information content (AvgIpc) is 3.04. The molecule has 0 amide bonds. The van der Waals surface area contributed by atoms with Crippen LogP contribution in [0.2, 0.25) is 0 Å². The Labute approximate surface area is 107 Å². The molecule has 3 aliphatic rings. The smallest absolute Gasteiger partial charge is 0.184 e. The van der Waals surface area contributed by atoms with Crippen LogP contribution in [0.25, 0.3) is 0 Å². The van der Waals surface area contributed by atoms with E-state index < -0.39 is 0 Å². The van der Waals surface area contributed by atoms with Crippen LogP contribution >= 0.6 is 0 Å². The van der Waals surface area contributed by atoms with E-state index >= 15 is 0 Å². The molecule has 98 valence electrons. The van der Waals surface area contributed by atoms with Gasteiger partial charge in [-0.3, -0.25) is 15.0 Å². The molecule has 0 aromatic carbocycles. The van der Waals surface area contributed by atoms with Crippen molar-refractivity contribution in [2.45, 2.75) is 32.3 Å². The summed E-state index contributed by atoms with van der Waals surface area (Å²) in [7, 11) is 0. The monoisotopic (exact) mass is 248 g/mol. The molecule has 0 aromatic rings. The molecule has 0 fully saturated rings. The Kier molecular flexibility index (Phi) is 3.30. The number of ether oxygens (including phenoxy) is 1. The minimum absolute atomic E-state index is 0.188. The molecule has 0 aromatic heterocycles. The van der Waals surface area contributed by atoms with Crippen molar-refractivity contribution < 1.29 is 4.74 Å². The first-order chi connectivity index (χ1) is 8.79. The fourth-order valence-electron chi connectivity index (χ4n) is 2.70. The Balaban J connectivity index is 1.43. The van der Waals surface area contributed by atoms with E-state index in [0.29, 0.717) is 5.92 Å². The van der Waals surface area contributed by atoms with E-state index in [2.05, 4.69) is 27.2 Å². The topological polar surface area (TPSA) is 58.3 Å². The van der Waals surface area contributed by atoms with Gasteiger partial charge in [0.15, 0.2) is 5.90 Å². The zero-order chi connectivity index (χ0) is 12.4. The number of amidine groups is 1. The summed E-state index contributed by atoms with van der Waals surface area (Å²) in [5.41, 5.74) is 1.26. The zero-order valence-electron chi connectivity index (χ0n) is 10.9. The molecule has 5 nitrogen and oxygen atoms in total. The van der Waals surface area contributed by atoms with E-state index in [9.17, 15) is 0 Å². The van der Waals surface area contributed by atoms with Gasteiger partial charge in [-0.25, -0.2) is 0 Å². The molecule has 2 atom stereocenters.